The Balaban J connectivity index is 1.79. The van der Waals surface area contributed by atoms with Crippen molar-refractivity contribution in [2.24, 2.45) is 0 Å². The molecular weight excluding hydrogens is 342 g/mol. The lowest BCUT2D eigenvalue weighted by Crippen LogP contribution is -2.37. The molecule has 2 aromatic carbocycles. The number of methoxy groups -OCH3 is 2. The van der Waals surface area contributed by atoms with E-state index in [1.54, 1.807) is 21.1 Å². The van der Waals surface area contributed by atoms with Crippen molar-refractivity contribution in [2.75, 3.05) is 20.8 Å². The number of amides is 1. The van der Waals surface area contributed by atoms with Crippen molar-refractivity contribution < 1.29 is 19.0 Å². The summed E-state index contributed by atoms with van der Waals surface area (Å²) in [6.07, 6.45) is 1.14. The first-order chi connectivity index (χ1) is 13.0. The number of ether oxygens (including phenoxy) is 3. The van der Waals surface area contributed by atoms with Crippen molar-refractivity contribution in [3.05, 3.63) is 53.1 Å². The number of aryl methyl sites for hydroxylation is 2. The van der Waals surface area contributed by atoms with Crippen molar-refractivity contribution in [1.82, 2.24) is 5.32 Å². The van der Waals surface area contributed by atoms with Crippen LogP contribution in [0.25, 0.3) is 0 Å². The van der Waals surface area contributed by atoms with Crippen molar-refractivity contribution in [3.8, 4) is 17.2 Å². The summed E-state index contributed by atoms with van der Waals surface area (Å²) in [7, 11) is 3.24. The number of hydrogen-bond donors (Lipinski definition) is 1. The molecule has 0 aliphatic rings. The van der Waals surface area contributed by atoms with Crippen molar-refractivity contribution in [1.29, 1.82) is 0 Å². The topological polar surface area (TPSA) is 56.8 Å². The van der Waals surface area contributed by atoms with Crippen LogP contribution in [0.4, 0.5) is 0 Å². The molecule has 0 radical (unpaired) electrons. The van der Waals surface area contributed by atoms with Crippen LogP contribution in [0.3, 0.4) is 0 Å². The second-order valence-corrected chi connectivity index (χ2v) is 6.54. The van der Waals surface area contributed by atoms with Crippen LogP contribution in [0.15, 0.2) is 36.4 Å². The molecule has 0 aliphatic heterocycles. The maximum atomic E-state index is 12.3. The standard InChI is InChI=1S/C22H29NO4/c1-15-8-6-10-19(16(15)2)27-17(3)22(24)23-13-7-9-18-11-12-20(25-4)21(14-18)26-5/h6,8,10-12,14,17H,7,9,13H2,1-5H3,(H,23,24)/t17-/m1/s1. The Hall–Kier alpha value is -2.69. The Labute approximate surface area is 161 Å². The molecule has 0 fully saturated rings. The van der Waals surface area contributed by atoms with Crippen molar-refractivity contribution in [3.63, 3.8) is 0 Å². The molecule has 5 nitrogen and oxygen atoms in total. The molecule has 2 rings (SSSR count). The summed E-state index contributed by atoms with van der Waals surface area (Å²) in [5.74, 6) is 2.08. The monoisotopic (exact) mass is 371 g/mol. The minimum Gasteiger partial charge on any atom is -0.493 e. The molecule has 0 saturated heterocycles. The highest BCUT2D eigenvalue weighted by Gasteiger charge is 2.15. The molecule has 0 aliphatic carbocycles. The van der Waals surface area contributed by atoms with Gasteiger partial charge in [-0.25, -0.2) is 0 Å². The van der Waals surface area contributed by atoms with Crippen molar-refractivity contribution >= 4 is 5.91 Å². The van der Waals surface area contributed by atoms with Crippen LogP contribution in [0.5, 0.6) is 17.2 Å². The van der Waals surface area contributed by atoms with Crippen LogP contribution in [0.1, 0.15) is 30.0 Å². The fourth-order valence-corrected chi connectivity index (χ4v) is 2.78. The first-order valence-corrected chi connectivity index (χ1v) is 9.17. The van der Waals surface area contributed by atoms with E-state index in [1.807, 2.05) is 50.2 Å². The Bertz CT molecular complexity index is 773. The van der Waals surface area contributed by atoms with Gasteiger partial charge in [-0.3, -0.25) is 4.79 Å². The summed E-state index contributed by atoms with van der Waals surface area (Å²) in [5, 5.41) is 2.94. The fraction of sp³-hybridized carbons (Fsp3) is 0.409. The van der Waals surface area contributed by atoms with Gasteiger partial charge in [0.25, 0.3) is 5.91 Å². The number of nitrogens with one attached hydrogen (secondary N) is 1. The zero-order valence-corrected chi connectivity index (χ0v) is 16.8. The van der Waals surface area contributed by atoms with Crippen LogP contribution >= 0.6 is 0 Å². The summed E-state index contributed by atoms with van der Waals surface area (Å²) in [6, 6.07) is 11.7. The maximum Gasteiger partial charge on any atom is 0.260 e. The quantitative estimate of drug-likeness (QED) is 0.681. The summed E-state index contributed by atoms with van der Waals surface area (Å²) >= 11 is 0. The highest BCUT2D eigenvalue weighted by atomic mass is 16.5. The van der Waals surface area contributed by atoms with E-state index in [-0.39, 0.29) is 5.91 Å². The summed E-state index contributed by atoms with van der Waals surface area (Å²) < 4.78 is 16.4. The molecule has 27 heavy (non-hydrogen) atoms. The zero-order valence-electron chi connectivity index (χ0n) is 16.8. The van der Waals surface area contributed by atoms with Gasteiger partial charge in [0.15, 0.2) is 17.6 Å². The predicted molar refractivity (Wildman–Crippen MR) is 107 cm³/mol. The number of hydrogen-bond acceptors (Lipinski definition) is 4. The van der Waals surface area contributed by atoms with Gasteiger partial charge in [0.05, 0.1) is 14.2 Å². The van der Waals surface area contributed by atoms with E-state index in [1.165, 1.54) is 0 Å². The lowest BCUT2D eigenvalue weighted by Gasteiger charge is -2.17. The normalized spacial score (nSPS) is 11.6. The van der Waals surface area contributed by atoms with Gasteiger partial charge >= 0.3 is 0 Å². The summed E-state index contributed by atoms with van der Waals surface area (Å²) in [5.41, 5.74) is 3.35. The summed E-state index contributed by atoms with van der Waals surface area (Å²) in [4.78, 5) is 12.3. The molecule has 0 unspecified atom stereocenters. The first kappa shape index (κ1) is 20.6. The van der Waals surface area contributed by atoms with Crippen LogP contribution in [-0.2, 0) is 11.2 Å². The molecule has 0 spiro atoms. The van der Waals surface area contributed by atoms with Crippen LogP contribution in [-0.4, -0.2) is 32.8 Å². The van der Waals surface area contributed by atoms with E-state index in [0.29, 0.717) is 12.3 Å². The average Bonchev–Trinajstić information content (AvgIpc) is 2.68. The molecule has 0 bridgehead atoms. The lowest BCUT2D eigenvalue weighted by molar-refractivity contribution is -0.127. The fourth-order valence-electron chi connectivity index (χ4n) is 2.78. The van der Waals surface area contributed by atoms with Gasteiger partial charge in [0.1, 0.15) is 5.75 Å². The molecule has 1 amide bonds. The van der Waals surface area contributed by atoms with Gasteiger partial charge in [0, 0.05) is 6.54 Å². The van der Waals surface area contributed by atoms with E-state index in [9.17, 15) is 4.79 Å². The number of benzene rings is 2. The Morgan fingerprint density at radius 2 is 1.78 bits per heavy atom. The Kier molecular flexibility index (Phi) is 7.53. The second kappa shape index (κ2) is 9.86. The molecular formula is C22H29NO4. The number of carbonyl (C=O) groups is 1. The molecule has 1 atom stereocenters. The number of carbonyl (C=O) groups excluding carboxylic acids is 1. The van der Waals surface area contributed by atoms with Crippen LogP contribution in [0, 0.1) is 13.8 Å². The second-order valence-electron chi connectivity index (χ2n) is 6.54. The van der Waals surface area contributed by atoms with E-state index in [0.717, 1.165) is 41.0 Å². The van der Waals surface area contributed by atoms with Gasteiger partial charge in [-0.05, 0) is 68.5 Å². The molecule has 0 aromatic heterocycles. The highest BCUT2D eigenvalue weighted by molar-refractivity contribution is 5.80. The Morgan fingerprint density at radius 3 is 2.48 bits per heavy atom. The molecule has 0 saturated carbocycles. The van der Waals surface area contributed by atoms with E-state index < -0.39 is 6.10 Å². The van der Waals surface area contributed by atoms with Gasteiger partial charge in [-0.2, -0.15) is 0 Å². The van der Waals surface area contributed by atoms with E-state index >= 15 is 0 Å². The predicted octanol–water partition coefficient (Wildman–Crippen LogP) is 3.84. The molecule has 5 heteroatoms. The molecule has 1 N–H and O–H groups in total. The third kappa shape index (κ3) is 5.64. The third-order valence-electron chi connectivity index (χ3n) is 4.62. The zero-order chi connectivity index (χ0) is 19.8. The van der Waals surface area contributed by atoms with Gasteiger partial charge in [-0.15, -0.1) is 0 Å². The molecule has 0 heterocycles. The third-order valence-corrected chi connectivity index (χ3v) is 4.62. The molecule has 146 valence electrons. The van der Waals surface area contributed by atoms with E-state index in [4.69, 9.17) is 14.2 Å². The first-order valence-electron chi connectivity index (χ1n) is 9.17. The average molecular weight is 371 g/mol. The van der Waals surface area contributed by atoms with Gasteiger partial charge < -0.3 is 19.5 Å². The minimum absolute atomic E-state index is 0.108. The largest absolute Gasteiger partial charge is 0.493 e. The SMILES string of the molecule is COc1ccc(CCCNC(=O)[C@@H](C)Oc2cccc(C)c2C)cc1OC. The minimum atomic E-state index is -0.536. The van der Waals surface area contributed by atoms with Gasteiger partial charge in [0.2, 0.25) is 0 Å². The highest BCUT2D eigenvalue weighted by Crippen LogP contribution is 2.28. The Morgan fingerprint density at radius 1 is 1.04 bits per heavy atom. The summed E-state index contributed by atoms with van der Waals surface area (Å²) in [6.45, 7) is 6.39. The smallest absolute Gasteiger partial charge is 0.260 e. The number of rotatable bonds is 9. The van der Waals surface area contributed by atoms with Crippen LogP contribution in [0.2, 0.25) is 0 Å². The molecule has 2 aromatic rings. The maximum absolute atomic E-state index is 12.3. The van der Waals surface area contributed by atoms with Crippen LogP contribution < -0.4 is 19.5 Å². The lowest BCUT2D eigenvalue weighted by atomic mass is 10.1. The van der Waals surface area contributed by atoms with Gasteiger partial charge in [-0.1, -0.05) is 18.2 Å². The van der Waals surface area contributed by atoms with Crippen molar-refractivity contribution in [2.45, 2.75) is 39.7 Å². The van der Waals surface area contributed by atoms with E-state index in [2.05, 4.69) is 5.32 Å².